The average molecular weight is 368 g/mol. The van der Waals surface area contributed by atoms with Crippen molar-refractivity contribution in [2.75, 3.05) is 6.61 Å². The number of aromatic hydroxyl groups is 2. The fourth-order valence-corrected chi connectivity index (χ4v) is 3.23. The first-order valence-corrected chi connectivity index (χ1v) is 9.40. The van der Waals surface area contributed by atoms with Gasteiger partial charge in [-0.1, -0.05) is 33.1 Å². The molecule has 0 bridgehead atoms. The van der Waals surface area contributed by atoms with Crippen molar-refractivity contribution < 1.29 is 30.3 Å². The van der Waals surface area contributed by atoms with Gasteiger partial charge in [0.1, 0.15) is 11.5 Å². The van der Waals surface area contributed by atoms with Crippen LogP contribution in [0.4, 0.5) is 0 Å². The van der Waals surface area contributed by atoms with E-state index in [9.17, 15) is 15.0 Å². The topological polar surface area (TPSA) is 107 Å². The number of carbonyl (C=O) groups is 1. The van der Waals surface area contributed by atoms with E-state index >= 15 is 0 Å². The molecule has 1 aromatic carbocycles. The summed E-state index contributed by atoms with van der Waals surface area (Å²) < 4.78 is 0. The fraction of sp³-hybridized carbons (Fsp3) is 0.650. The van der Waals surface area contributed by atoms with Crippen LogP contribution in [-0.2, 0) is 9.68 Å². The Morgan fingerprint density at radius 1 is 0.923 bits per heavy atom. The third-order valence-electron chi connectivity index (χ3n) is 4.89. The number of hydrogen-bond donors (Lipinski definition) is 4. The Morgan fingerprint density at radius 2 is 1.42 bits per heavy atom. The Labute approximate surface area is 155 Å². The molecule has 0 spiro atoms. The molecule has 0 fully saturated rings. The van der Waals surface area contributed by atoms with Crippen molar-refractivity contribution in [1.29, 1.82) is 0 Å². The third-order valence-corrected chi connectivity index (χ3v) is 4.89. The molecule has 0 aliphatic rings. The minimum absolute atomic E-state index is 0.0533. The standard InChI is InChI=1S/C20H32O6/c1-14(8-4-3-7-11-26-25)16-12-19(22)17(13-18(16)21)15(2)9-5-6-10-20(23)24/h12-15,21-22,25H,3-11H2,1-2H3,(H,23,24). The first-order valence-electron chi connectivity index (χ1n) is 9.40. The van der Waals surface area contributed by atoms with Crippen LogP contribution in [0.3, 0.4) is 0 Å². The van der Waals surface area contributed by atoms with Gasteiger partial charge >= 0.3 is 5.97 Å². The molecule has 0 aliphatic carbocycles. The zero-order chi connectivity index (χ0) is 19.5. The maximum atomic E-state index is 10.6. The van der Waals surface area contributed by atoms with Crippen molar-refractivity contribution >= 4 is 5.97 Å². The highest BCUT2D eigenvalue weighted by Gasteiger charge is 2.17. The average Bonchev–Trinajstić information content (AvgIpc) is 2.59. The van der Waals surface area contributed by atoms with Crippen molar-refractivity contribution in [2.24, 2.45) is 0 Å². The van der Waals surface area contributed by atoms with E-state index in [1.54, 1.807) is 12.1 Å². The second-order valence-electron chi connectivity index (χ2n) is 7.09. The second kappa shape index (κ2) is 11.8. The van der Waals surface area contributed by atoms with Gasteiger partial charge in [-0.15, -0.1) is 0 Å². The first kappa shape index (κ1) is 22.3. The zero-order valence-corrected chi connectivity index (χ0v) is 15.8. The van der Waals surface area contributed by atoms with E-state index in [-0.39, 0.29) is 29.8 Å². The molecule has 148 valence electrons. The molecule has 0 heterocycles. The van der Waals surface area contributed by atoms with Gasteiger partial charge in [-0.3, -0.25) is 10.1 Å². The lowest BCUT2D eigenvalue weighted by Crippen LogP contribution is -2.00. The molecular formula is C20H32O6. The molecular weight excluding hydrogens is 336 g/mol. The summed E-state index contributed by atoms with van der Waals surface area (Å²) in [4.78, 5) is 14.6. The number of phenolic OH excluding ortho intramolecular Hbond substituents is 2. The Morgan fingerprint density at radius 3 is 1.88 bits per heavy atom. The van der Waals surface area contributed by atoms with Crippen molar-refractivity contribution in [2.45, 2.75) is 77.0 Å². The summed E-state index contributed by atoms with van der Waals surface area (Å²) in [6, 6.07) is 3.29. The molecule has 0 saturated carbocycles. The summed E-state index contributed by atoms with van der Waals surface area (Å²) in [5.41, 5.74) is 1.44. The SMILES string of the molecule is CC(CCCCCOO)c1cc(O)c(C(C)CCCCC(=O)O)cc1O. The van der Waals surface area contributed by atoms with Gasteiger partial charge in [0.15, 0.2) is 0 Å². The highest BCUT2D eigenvalue weighted by molar-refractivity contribution is 5.66. The number of phenols is 2. The maximum absolute atomic E-state index is 10.6. The van der Waals surface area contributed by atoms with Crippen LogP contribution in [0, 0.1) is 0 Å². The molecule has 0 aliphatic heterocycles. The minimum atomic E-state index is -0.791. The van der Waals surface area contributed by atoms with E-state index in [1.165, 1.54) is 0 Å². The third kappa shape index (κ3) is 7.62. The van der Waals surface area contributed by atoms with Gasteiger partial charge in [0.05, 0.1) is 6.61 Å². The van der Waals surface area contributed by atoms with E-state index in [1.807, 2.05) is 13.8 Å². The predicted octanol–water partition coefficient (Wildman–Crippen LogP) is 5.00. The van der Waals surface area contributed by atoms with Gasteiger partial charge in [-0.2, -0.15) is 0 Å². The quantitative estimate of drug-likeness (QED) is 0.169. The number of hydrogen-bond acceptors (Lipinski definition) is 5. The van der Waals surface area contributed by atoms with Crippen LogP contribution in [0.15, 0.2) is 12.1 Å². The molecule has 1 rings (SSSR count). The highest BCUT2D eigenvalue weighted by atomic mass is 17.1. The molecule has 2 atom stereocenters. The van der Waals surface area contributed by atoms with Crippen LogP contribution < -0.4 is 0 Å². The number of rotatable bonds is 13. The lowest BCUT2D eigenvalue weighted by atomic mass is 9.89. The zero-order valence-electron chi connectivity index (χ0n) is 15.8. The minimum Gasteiger partial charge on any atom is -0.508 e. The molecule has 0 aromatic heterocycles. The van der Waals surface area contributed by atoms with Gasteiger partial charge in [-0.25, -0.2) is 4.89 Å². The number of carboxylic acid groups (broad SMARTS) is 1. The number of benzene rings is 1. The van der Waals surface area contributed by atoms with E-state index in [0.717, 1.165) is 44.1 Å². The normalized spacial score (nSPS) is 13.5. The van der Waals surface area contributed by atoms with Crippen LogP contribution in [-0.4, -0.2) is 33.2 Å². The maximum Gasteiger partial charge on any atom is 0.303 e. The second-order valence-corrected chi connectivity index (χ2v) is 7.09. The first-order chi connectivity index (χ1) is 12.4. The van der Waals surface area contributed by atoms with Crippen LogP contribution >= 0.6 is 0 Å². The number of aliphatic carboxylic acids is 1. The number of carboxylic acids is 1. The molecule has 2 unspecified atom stereocenters. The van der Waals surface area contributed by atoms with Crippen molar-refractivity contribution in [3.63, 3.8) is 0 Å². The molecule has 1 aromatic rings. The smallest absolute Gasteiger partial charge is 0.303 e. The van der Waals surface area contributed by atoms with Crippen LogP contribution in [0.5, 0.6) is 11.5 Å². The predicted molar refractivity (Wildman–Crippen MR) is 99.8 cm³/mol. The number of unbranched alkanes of at least 4 members (excludes halogenated alkanes) is 3. The molecule has 0 saturated heterocycles. The molecule has 6 heteroatoms. The molecule has 26 heavy (non-hydrogen) atoms. The van der Waals surface area contributed by atoms with Gasteiger partial charge in [0.2, 0.25) is 0 Å². The van der Waals surface area contributed by atoms with Crippen molar-refractivity contribution in [3.8, 4) is 11.5 Å². The molecule has 4 N–H and O–H groups in total. The van der Waals surface area contributed by atoms with E-state index in [0.29, 0.717) is 18.6 Å². The summed E-state index contributed by atoms with van der Waals surface area (Å²) in [5, 5.41) is 37.7. The van der Waals surface area contributed by atoms with Gasteiger partial charge in [0, 0.05) is 17.5 Å². The van der Waals surface area contributed by atoms with E-state index < -0.39 is 5.97 Å². The lowest BCUT2D eigenvalue weighted by molar-refractivity contribution is -0.242. The Kier molecular flexibility index (Phi) is 10.1. The van der Waals surface area contributed by atoms with Crippen LogP contribution in [0.1, 0.15) is 88.2 Å². The van der Waals surface area contributed by atoms with E-state index in [4.69, 9.17) is 10.4 Å². The largest absolute Gasteiger partial charge is 0.508 e. The summed E-state index contributed by atoms with van der Waals surface area (Å²) in [6.07, 6.45) is 5.86. The Hall–Kier alpha value is -1.79. The van der Waals surface area contributed by atoms with Crippen molar-refractivity contribution in [3.05, 3.63) is 23.3 Å². The monoisotopic (exact) mass is 368 g/mol. The highest BCUT2D eigenvalue weighted by Crippen LogP contribution is 2.38. The summed E-state index contributed by atoms with van der Waals surface area (Å²) in [5.74, 6) is -0.237. The summed E-state index contributed by atoms with van der Waals surface area (Å²) in [7, 11) is 0. The van der Waals surface area contributed by atoms with Crippen LogP contribution in [0.25, 0.3) is 0 Å². The molecule has 0 radical (unpaired) electrons. The van der Waals surface area contributed by atoms with Gasteiger partial charge in [-0.05, 0) is 49.7 Å². The molecule has 6 nitrogen and oxygen atoms in total. The van der Waals surface area contributed by atoms with Gasteiger partial charge in [0.25, 0.3) is 0 Å². The Balaban J connectivity index is 2.61. The van der Waals surface area contributed by atoms with E-state index in [2.05, 4.69) is 4.89 Å². The summed E-state index contributed by atoms with van der Waals surface area (Å²) in [6.45, 7) is 4.33. The molecule has 0 amide bonds. The summed E-state index contributed by atoms with van der Waals surface area (Å²) >= 11 is 0. The van der Waals surface area contributed by atoms with Gasteiger partial charge < -0.3 is 15.3 Å². The lowest BCUT2D eigenvalue weighted by Gasteiger charge is -2.19. The Bertz CT molecular complexity index is 557. The van der Waals surface area contributed by atoms with Crippen LogP contribution in [0.2, 0.25) is 0 Å². The van der Waals surface area contributed by atoms with Crippen molar-refractivity contribution in [1.82, 2.24) is 0 Å². The fourth-order valence-electron chi connectivity index (χ4n) is 3.23.